The van der Waals surface area contributed by atoms with Gasteiger partial charge in [-0.2, -0.15) is 20.4 Å². The van der Waals surface area contributed by atoms with Gasteiger partial charge in [-0.25, -0.2) is 20.0 Å². The average molecular weight is 1840 g/mol. The molecule has 126 heavy (non-hydrogen) atoms. The number of alkyl halides is 1. The molecule has 4 aliphatic heterocycles. The zero-order valence-electron chi connectivity index (χ0n) is 71.7. The molecule has 0 atom stereocenters. The van der Waals surface area contributed by atoms with Gasteiger partial charge in [0, 0.05) is 54.3 Å². The Kier molecular flexibility index (Phi) is 41.1. The van der Waals surface area contributed by atoms with E-state index < -0.39 is 0 Å². The molecule has 4 aliphatic rings. The summed E-state index contributed by atoms with van der Waals surface area (Å²) < 4.78 is 71.0. The number of nitrogens with zero attached hydrogens (tertiary/aromatic N) is 8. The molecule has 12 rings (SSSR count). The number of amides is 4. The standard InChI is InChI=1S/C24H28Cl2N2O5.C24H29ClN2O6.C22H26ClN3O4.C22H25ClN2O5/c1-3-32-23-15-17(6-9-22(23)30-2)21-5-4-11-28(27-21)24(29)19-8-7-18(16-20(19)26)33-14-13-31-12-10-25;1-3-32-23-15-17(6-9-22(23)30-2)21-5-4-10-27(26-21)24(29)19-8-7-18(16-20(19)25)33-14-13-31-12-11-28;1-2-29-21-13-15(6-9-20(21)27)19-5-3-11-26(25-19)22(28)17-8-7-16(14-18(17)23)30-12-4-10-24;1-3-29-21-13-15(6-9-20(21)28-2)19-5-4-10-25(24-19)22(27)17-8-7-16(14-18(17)23)30-12-11-26/h6-9,15-16H,3-5,10-14H2,1-2H3;6-9,15-16,28H,3-5,10-14H2,1-2H3;6-9,13-14,27H,2-5,10-12,24H2,1H3;6-9,13-14,26H,3-5,10-12H2,1-2H3. The van der Waals surface area contributed by atoms with Gasteiger partial charge in [-0.15, -0.1) is 11.6 Å². The van der Waals surface area contributed by atoms with Crippen molar-refractivity contribution < 1.29 is 96.1 Å². The van der Waals surface area contributed by atoms with E-state index in [1.54, 1.807) is 112 Å². The Balaban J connectivity index is 0.000000190. The van der Waals surface area contributed by atoms with Gasteiger partial charge in [-0.05, 0) is 238 Å². The zero-order valence-corrected chi connectivity index (χ0v) is 75.5. The highest BCUT2D eigenvalue weighted by Gasteiger charge is 2.29. The lowest BCUT2D eigenvalue weighted by Gasteiger charge is -2.24. The van der Waals surface area contributed by atoms with Gasteiger partial charge < -0.3 is 82.6 Å². The lowest BCUT2D eigenvalue weighted by atomic mass is 10.0. The molecule has 34 heteroatoms. The molecule has 5 N–H and O–H groups in total. The maximum absolute atomic E-state index is 13.1. The van der Waals surface area contributed by atoms with Crippen LogP contribution in [0.3, 0.4) is 0 Å². The summed E-state index contributed by atoms with van der Waals surface area (Å²) in [6.07, 6.45) is 6.86. The van der Waals surface area contributed by atoms with Gasteiger partial charge in [0.1, 0.15) is 42.8 Å². The number of benzene rings is 8. The average Bonchev–Trinajstić information content (AvgIpc) is 0.820. The summed E-state index contributed by atoms with van der Waals surface area (Å²) in [7, 11) is 4.80. The lowest BCUT2D eigenvalue weighted by Crippen LogP contribution is -2.32. The Labute approximate surface area is 759 Å². The Morgan fingerprint density at radius 2 is 0.651 bits per heavy atom. The summed E-state index contributed by atoms with van der Waals surface area (Å²) in [6, 6.07) is 41.8. The maximum Gasteiger partial charge on any atom is 0.275 e. The fourth-order valence-corrected chi connectivity index (χ4v) is 14.2. The number of hydrogen-bond acceptors (Lipinski definition) is 25. The van der Waals surface area contributed by atoms with E-state index in [1.165, 1.54) is 20.0 Å². The number of aliphatic hydroxyl groups excluding tert-OH is 2. The van der Waals surface area contributed by atoms with E-state index in [4.69, 9.17) is 136 Å². The van der Waals surface area contributed by atoms with Crippen LogP contribution in [0.15, 0.2) is 166 Å². The third-order valence-corrected chi connectivity index (χ3v) is 20.5. The molecule has 0 saturated carbocycles. The van der Waals surface area contributed by atoms with Crippen molar-refractivity contribution in [2.24, 2.45) is 26.1 Å². The number of phenolic OH excluding ortho intramolecular Hbond substituents is 1. The first kappa shape index (κ1) is 99.0. The van der Waals surface area contributed by atoms with Crippen molar-refractivity contribution in [2.45, 2.75) is 85.5 Å². The molecule has 0 aliphatic carbocycles. The van der Waals surface area contributed by atoms with Crippen LogP contribution in [0.1, 0.15) is 149 Å². The first-order chi connectivity index (χ1) is 61.2. The SMILES string of the molecule is CCOc1cc(C2=NN(C(=O)c3ccc(OCCCN)cc3Cl)CCC2)ccc1O.CCOc1cc(C2=NN(C(=O)c3ccc(OCCO)cc3Cl)CCC2)ccc1OC.CCOc1cc(C2=NN(C(=O)c3ccc(OCCOCCCl)cc3Cl)CCC2)ccc1OC.CCOc1cc(C2=NN(C(=O)c3ccc(OCCOCCO)cc3Cl)CCC2)ccc1OC. The summed E-state index contributed by atoms with van der Waals surface area (Å²) in [5.41, 5.74) is 13.6. The minimum atomic E-state index is -0.274. The van der Waals surface area contributed by atoms with Gasteiger partial charge in [0.15, 0.2) is 46.0 Å². The van der Waals surface area contributed by atoms with Crippen LogP contribution in [0.2, 0.25) is 20.1 Å². The van der Waals surface area contributed by atoms with Crippen LogP contribution in [0.5, 0.6) is 69.0 Å². The number of hydrogen-bond donors (Lipinski definition) is 4. The number of carbonyl (C=O) groups excluding carboxylic acids is 4. The van der Waals surface area contributed by atoms with Gasteiger partial charge in [0.2, 0.25) is 0 Å². The number of rotatable bonds is 38. The number of halogens is 5. The molecule has 4 heterocycles. The number of aromatic hydroxyl groups is 1. The van der Waals surface area contributed by atoms with Gasteiger partial charge in [-0.1, -0.05) is 46.4 Å². The monoisotopic (exact) mass is 1830 g/mol. The molecule has 8 aromatic carbocycles. The fraction of sp³-hybridized carbons (Fsp3) is 0.391. The van der Waals surface area contributed by atoms with Crippen LogP contribution in [0.25, 0.3) is 0 Å². The topological polar surface area (TPSA) is 337 Å². The molecule has 4 amide bonds. The van der Waals surface area contributed by atoms with Crippen molar-refractivity contribution in [1.82, 2.24) is 20.0 Å². The second kappa shape index (κ2) is 52.3. The van der Waals surface area contributed by atoms with Gasteiger partial charge in [-0.3, -0.25) is 19.2 Å². The van der Waals surface area contributed by atoms with Gasteiger partial charge in [0.25, 0.3) is 23.6 Å². The number of ether oxygens (including phenoxy) is 13. The van der Waals surface area contributed by atoms with Crippen molar-refractivity contribution in [1.29, 1.82) is 0 Å². The maximum atomic E-state index is 13.1. The Bertz CT molecular complexity index is 4900. The van der Waals surface area contributed by atoms with E-state index in [-0.39, 0.29) is 60.8 Å². The Hall–Kier alpha value is -10.8. The van der Waals surface area contributed by atoms with E-state index in [1.807, 2.05) is 82.3 Å². The molecule has 0 radical (unpaired) electrons. The van der Waals surface area contributed by atoms with Crippen molar-refractivity contribution in [3.8, 4) is 69.0 Å². The predicted molar refractivity (Wildman–Crippen MR) is 487 cm³/mol. The van der Waals surface area contributed by atoms with Crippen LogP contribution >= 0.6 is 58.0 Å². The highest BCUT2D eigenvalue weighted by Crippen LogP contribution is 2.37. The molecular weight excluding hydrogens is 1730 g/mol. The third kappa shape index (κ3) is 28.8. The summed E-state index contributed by atoms with van der Waals surface area (Å²) >= 11 is 31.0. The first-order valence-electron chi connectivity index (χ1n) is 41.5. The fourth-order valence-electron chi connectivity index (χ4n) is 13.1. The second-order valence-electron chi connectivity index (χ2n) is 27.8. The van der Waals surface area contributed by atoms with E-state index in [0.717, 1.165) is 103 Å². The largest absolute Gasteiger partial charge is 0.504 e. The molecule has 0 aromatic heterocycles. The number of nitrogens with two attached hydrogens (primary N) is 1. The van der Waals surface area contributed by atoms with Crippen LogP contribution < -0.4 is 57.8 Å². The smallest absolute Gasteiger partial charge is 0.275 e. The number of aliphatic hydroxyl groups is 2. The summed E-state index contributed by atoms with van der Waals surface area (Å²) in [5.74, 6) is 5.93. The number of hydrazone groups is 4. The van der Waals surface area contributed by atoms with Crippen molar-refractivity contribution in [2.75, 3.05) is 152 Å². The Morgan fingerprint density at radius 3 is 0.944 bits per heavy atom. The molecule has 29 nitrogen and oxygen atoms in total. The molecule has 8 aromatic rings. The zero-order chi connectivity index (χ0) is 90.3. The lowest BCUT2D eigenvalue weighted by molar-refractivity contribution is 0.0704. The minimum Gasteiger partial charge on any atom is -0.504 e. The van der Waals surface area contributed by atoms with E-state index in [9.17, 15) is 24.3 Å². The van der Waals surface area contributed by atoms with Crippen LogP contribution in [-0.2, 0) is 9.47 Å². The molecule has 0 saturated heterocycles. The molecule has 0 spiro atoms. The van der Waals surface area contributed by atoms with Crippen LogP contribution in [-0.4, -0.2) is 234 Å². The summed E-state index contributed by atoms with van der Waals surface area (Å²) in [6.45, 7) is 14.9. The summed E-state index contributed by atoms with van der Waals surface area (Å²) in [5, 5.41) is 52.8. The highest BCUT2D eigenvalue weighted by molar-refractivity contribution is 6.35. The highest BCUT2D eigenvalue weighted by atomic mass is 35.5. The normalized spacial score (nSPS) is 13.5. The summed E-state index contributed by atoms with van der Waals surface area (Å²) in [4.78, 5) is 52.2. The molecule has 0 unspecified atom stereocenters. The van der Waals surface area contributed by atoms with Crippen molar-refractivity contribution >= 4 is 104 Å². The number of methoxy groups -OCH3 is 3. The predicted octanol–water partition coefficient (Wildman–Crippen LogP) is 16.4. The molecular formula is C92H108Cl5N9O20. The van der Waals surface area contributed by atoms with Gasteiger partial charge in [0.05, 0.1) is 159 Å². The number of carbonyl (C=O) groups is 4. The van der Waals surface area contributed by atoms with Crippen LogP contribution in [0, 0.1) is 0 Å². The first-order valence-corrected chi connectivity index (χ1v) is 43.6. The Morgan fingerprint density at radius 1 is 0.357 bits per heavy atom. The quantitative estimate of drug-likeness (QED) is 0.0206. The molecule has 676 valence electrons. The third-order valence-electron chi connectivity index (χ3n) is 19.1. The van der Waals surface area contributed by atoms with Crippen molar-refractivity contribution in [3.63, 3.8) is 0 Å². The van der Waals surface area contributed by atoms with Gasteiger partial charge >= 0.3 is 0 Å². The molecule has 0 bridgehead atoms. The minimum absolute atomic E-state index is 0.0323. The van der Waals surface area contributed by atoms with E-state index in [0.29, 0.717) is 205 Å². The second-order valence-corrected chi connectivity index (χ2v) is 29.8. The van der Waals surface area contributed by atoms with E-state index >= 15 is 0 Å². The number of phenols is 1. The molecule has 0 fully saturated rings. The van der Waals surface area contributed by atoms with Crippen molar-refractivity contribution in [3.05, 3.63) is 210 Å². The van der Waals surface area contributed by atoms with Crippen LogP contribution in [0.4, 0.5) is 0 Å². The van der Waals surface area contributed by atoms with E-state index in [2.05, 4.69) is 20.4 Å².